The van der Waals surface area contributed by atoms with Crippen molar-refractivity contribution in [2.24, 2.45) is 0 Å². The fourth-order valence-corrected chi connectivity index (χ4v) is 4.41. The summed E-state index contributed by atoms with van der Waals surface area (Å²) in [6.45, 7) is -0.512. The van der Waals surface area contributed by atoms with Gasteiger partial charge in [0.1, 0.15) is 12.4 Å². The fraction of sp³-hybridized carbons (Fsp3) is 0.136. The Balaban J connectivity index is 1.76. The number of ether oxygens (including phenoxy) is 1. The van der Waals surface area contributed by atoms with Crippen LogP contribution < -0.4 is 5.32 Å². The Labute approximate surface area is 212 Å². The number of hydrogen-bond donors (Lipinski definition) is 2. The van der Waals surface area contributed by atoms with Crippen LogP contribution in [0.5, 0.6) is 0 Å². The van der Waals surface area contributed by atoms with E-state index in [4.69, 9.17) is 27.9 Å². The summed E-state index contributed by atoms with van der Waals surface area (Å²) < 4.78 is 69.1. The van der Waals surface area contributed by atoms with E-state index in [1.54, 1.807) is 0 Å². The lowest BCUT2D eigenvalue weighted by molar-refractivity contribution is -0.137. The van der Waals surface area contributed by atoms with Gasteiger partial charge in [-0.1, -0.05) is 41.4 Å². The number of alkyl halides is 3. The summed E-state index contributed by atoms with van der Waals surface area (Å²) in [6, 6.07) is 8.90. The highest BCUT2D eigenvalue weighted by molar-refractivity contribution is 7.91. The van der Waals surface area contributed by atoms with Gasteiger partial charge in [-0.05, 0) is 30.3 Å². The van der Waals surface area contributed by atoms with Crippen molar-refractivity contribution in [3.05, 3.63) is 87.2 Å². The summed E-state index contributed by atoms with van der Waals surface area (Å²) in [7, 11) is -4.30. The second-order valence-electron chi connectivity index (χ2n) is 7.13. The van der Waals surface area contributed by atoms with Gasteiger partial charge in [0.2, 0.25) is 15.6 Å². The molecule has 190 valence electrons. The van der Waals surface area contributed by atoms with Crippen molar-refractivity contribution in [1.29, 1.82) is 0 Å². The van der Waals surface area contributed by atoms with Crippen LogP contribution in [0.3, 0.4) is 0 Å². The molecule has 0 saturated carbocycles. The smallest absolute Gasteiger partial charge is 0.417 e. The maximum absolute atomic E-state index is 13.0. The Morgan fingerprint density at radius 1 is 1.06 bits per heavy atom. The second kappa shape index (κ2) is 10.8. The van der Waals surface area contributed by atoms with Gasteiger partial charge in [0.25, 0.3) is 0 Å². The maximum atomic E-state index is 13.0. The summed E-state index contributed by atoms with van der Waals surface area (Å²) in [5.74, 6) is -3.08. The lowest BCUT2D eigenvalue weighted by atomic mass is 10.0. The van der Waals surface area contributed by atoms with Crippen molar-refractivity contribution in [3.8, 4) is 0 Å². The number of pyridine rings is 1. The van der Waals surface area contributed by atoms with E-state index in [0.29, 0.717) is 6.07 Å². The average molecular weight is 563 g/mol. The van der Waals surface area contributed by atoms with Crippen LogP contribution in [0.25, 0.3) is 0 Å². The zero-order valence-corrected chi connectivity index (χ0v) is 20.2. The Bertz CT molecular complexity index is 1430. The van der Waals surface area contributed by atoms with E-state index in [0.717, 1.165) is 18.3 Å². The molecular formula is C22H15Cl2F3N2O6S. The predicted octanol–water partition coefficient (Wildman–Crippen LogP) is 5.15. The zero-order valence-electron chi connectivity index (χ0n) is 17.8. The lowest BCUT2D eigenvalue weighted by Crippen LogP contribution is -2.18. The number of aromatic nitrogens is 1. The topological polar surface area (TPSA) is 123 Å². The molecule has 0 radical (unpaired) electrons. The first kappa shape index (κ1) is 27.4. The molecule has 0 unspecified atom stereocenters. The van der Waals surface area contributed by atoms with Crippen LogP contribution in [0.2, 0.25) is 10.0 Å². The van der Waals surface area contributed by atoms with Crippen LogP contribution in [0.15, 0.2) is 59.6 Å². The molecule has 3 aromatic rings. The number of hydrogen-bond acceptors (Lipinski definition) is 7. The molecule has 0 bridgehead atoms. The highest BCUT2D eigenvalue weighted by Crippen LogP contribution is 2.36. The lowest BCUT2D eigenvalue weighted by Gasteiger charge is -2.14. The number of carbonyl (C=O) groups excluding carboxylic acids is 1. The Morgan fingerprint density at radius 2 is 1.72 bits per heavy atom. The molecule has 0 saturated heterocycles. The molecule has 2 aromatic carbocycles. The number of carbonyl (C=O) groups is 2. The van der Waals surface area contributed by atoms with Crippen LogP contribution in [0.1, 0.15) is 32.0 Å². The molecule has 1 aromatic heterocycles. The first-order valence-corrected chi connectivity index (χ1v) is 12.2. The van der Waals surface area contributed by atoms with E-state index < -0.39 is 55.9 Å². The minimum atomic E-state index is -4.85. The van der Waals surface area contributed by atoms with Crippen LogP contribution in [-0.2, 0) is 20.8 Å². The molecule has 1 heterocycles. The van der Waals surface area contributed by atoms with Crippen molar-refractivity contribution < 1.29 is 41.0 Å². The molecule has 0 spiro atoms. The molecule has 0 aliphatic carbocycles. The Hall–Kier alpha value is -3.19. The first-order valence-electron chi connectivity index (χ1n) is 9.75. The maximum Gasteiger partial charge on any atom is 0.417 e. The van der Waals surface area contributed by atoms with E-state index in [2.05, 4.69) is 10.3 Å². The number of halogens is 5. The number of carboxylic acid groups (broad SMARTS) is 1. The number of ketones is 1. The number of anilines is 1. The predicted molar refractivity (Wildman–Crippen MR) is 124 cm³/mol. The van der Waals surface area contributed by atoms with E-state index in [9.17, 15) is 36.3 Å². The van der Waals surface area contributed by atoms with Crippen LogP contribution in [0.4, 0.5) is 18.9 Å². The Morgan fingerprint density at radius 3 is 2.36 bits per heavy atom. The molecule has 0 amide bonds. The van der Waals surface area contributed by atoms with Gasteiger partial charge in [-0.25, -0.2) is 18.2 Å². The molecule has 0 aliphatic heterocycles. The monoisotopic (exact) mass is 562 g/mol. The third-order valence-electron chi connectivity index (χ3n) is 4.68. The minimum absolute atomic E-state index is 0.0101. The van der Waals surface area contributed by atoms with E-state index in [1.807, 2.05) is 0 Å². The highest BCUT2D eigenvalue weighted by Gasteiger charge is 2.34. The Kier molecular flexibility index (Phi) is 8.24. The van der Waals surface area contributed by atoms with Gasteiger partial charge in [0.15, 0.2) is 5.94 Å². The quantitative estimate of drug-likeness (QED) is 0.208. The summed E-state index contributed by atoms with van der Waals surface area (Å²) >= 11 is 11.4. The standard InChI is InChI=1S/C22H15Cl2F3N2O6S/c23-12-7-18(19(28-9-12)20(30)14-3-1-2-4-15(14)21(31)32)29-10-35-11-36(33,34)13-5-6-17(24)16(8-13)22(25,26)27/h1-9,29H,10-11H2,(H,31,32). The van der Waals surface area contributed by atoms with Crippen molar-refractivity contribution in [3.63, 3.8) is 0 Å². The number of nitrogens with one attached hydrogen (secondary N) is 1. The number of sulfone groups is 1. The van der Waals surface area contributed by atoms with Crippen molar-refractivity contribution in [2.45, 2.75) is 11.1 Å². The number of nitrogens with zero attached hydrogens (tertiary/aromatic N) is 1. The van der Waals surface area contributed by atoms with Crippen LogP contribution in [0, 0.1) is 0 Å². The summed E-state index contributed by atoms with van der Waals surface area (Å²) in [6.07, 6.45) is -3.69. The third kappa shape index (κ3) is 6.32. The van der Waals surface area contributed by atoms with Gasteiger partial charge in [-0.15, -0.1) is 0 Å². The van der Waals surface area contributed by atoms with Crippen molar-refractivity contribution >= 4 is 50.5 Å². The largest absolute Gasteiger partial charge is 0.478 e. The van der Waals surface area contributed by atoms with Crippen LogP contribution in [-0.4, -0.2) is 42.9 Å². The van der Waals surface area contributed by atoms with Gasteiger partial charge in [0, 0.05) is 11.8 Å². The molecule has 0 atom stereocenters. The van der Waals surface area contributed by atoms with Crippen molar-refractivity contribution in [2.75, 3.05) is 18.0 Å². The molecule has 0 aliphatic rings. The molecule has 3 rings (SSSR count). The van der Waals surface area contributed by atoms with Gasteiger partial charge in [-0.2, -0.15) is 13.2 Å². The number of rotatable bonds is 9. The van der Waals surface area contributed by atoms with Gasteiger partial charge in [-0.3, -0.25) is 4.79 Å². The number of aromatic carboxylic acids is 1. The summed E-state index contributed by atoms with van der Waals surface area (Å²) in [5.41, 5.74) is -1.91. The second-order valence-corrected chi connectivity index (χ2v) is 9.91. The molecule has 8 nitrogen and oxygen atoms in total. The van der Waals surface area contributed by atoms with E-state index in [-0.39, 0.29) is 27.5 Å². The summed E-state index contributed by atoms with van der Waals surface area (Å²) in [4.78, 5) is 27.7. The van der Waals surface area contributed by atoms with E-state index in [1.165, 1.54) is 30.3 Å². The zero-order chi connectivity index (χ0) is 26.7. The van der Waals surface area contributed by atoms with Gasteiger partial charge < -0.3 is 15.2 Å². The molecule has 0 fully saturated rings. The van der Waals surface area contributed by atoms with E-state index >= 15 is 0 Å². The number of carboxylic acids is 1. The third-order valence-corrected chi connectivity index (χ3v) is 6.66. The molecule has 36 heavy (non-hydrogen) atoms. The molecule has 14 heteroatoms. The molecule has 2 N–H and O–H groups in total. The van der Waals surface area contributed by atoms with Crippen molar-refractivity contribution in [1.82, 2.24) is 4.98 Å². The highest BCUT2D eigenvalue weighted by atomic mass is 35.5. The summed E-state index contributed by atoms with van der Waals surface area (Å²) in [5, 5.41) is 11.4. The minimum Gasteiger partial charge on any atom is -0.478 e. The van der Waals surface area contributed by atoms with Gasteiger partial charge in [0.05, 0.1) is 31.8 Å². The SMILES string of the molecule is O=C(O)c1ccccc1C(=O)c1ncc(Cl)cc1NCOCS(=O)(=O)c1ccc(Cl)c(C(F)(F)F)c1. The molecular weight excluding hydrogens is 548 g/mol. The van der Waals surface area contributed by atoms with Crippen LogP contribution >= 0.6 is 23.2 Å². The van der Waals surface area contributed by atoms with Gasteiger partial charge >= 0.3 is 12.1 Å². The fourth-order valence-electron chi connectivity index (χ4n) is 3.01. The first-order chi connectivity index (χ1) is 16.8. The average Bonchev–Trinajstić information content (AvgIpc) is 2.81. The number of benzene rings is 2. The normalized spacial score (nSPS) is 11.8.